The lowest BCUT2D eigenvalue weighted by Crippen LogP contribution is -2.22. The summed E-state index contributed by atoms with van der Waals surface area (Å²) in [4.78, 5) is 22.9. The van der Waals surface area contributed by atoms with Crippen molar-refractivity contribution in [3.05, 3.63) is 65.4 Å². The van der Waals surface area contributed by atoms with E-state index in [2.05, 4.69) is 43.5 Å². The van der Waals surface area contributed by atoms with Crippen molar-refractivity contribution in [1.29, 1.82) is 0 Å². The lowest BCUT2D eigenvalue weighted by molar-refractivity contribution is -0.115. The molecule has 0 spiro atoms. The van der Waals surface area contributed by atoms with Crippen molar-refractivity contribution in [2.45, 2.75) is 32.6 Å². The lowest BCUT2D eigenvalue weighted by atomic mass is 9.87. The number of nitrogens with one attached hydrogen (secondary N) is 2. The van der Waals surface area contributed by atoms with Gasteiger partial charge in [-0.1, -0.05) is 51.1 Å². The van der Waals surface area contributed by atoms with Crippen LogP contribution in [0.25, 0.3) is 6.08 Å². The molecule has 0 atom stereocenters. The number of amides is 3. The molecule has 0 saturated carbocycles. The van der Waals surface area contributed by atoms with Crippen LogP contribution in [-0.2, 0) is 10.2 Å². The van der Waals surface area contributed by atoms with Gasteiger partial charge in [0.2, 0.25) is 0 Å². The van der Waals surface area contributed by atoms with E-state index in [1.807, 2.05) is 36.4 Å². The fourth-order valence-electron chi connectivity index (χ4n) is 2.85. The molecule has 0 radical (unpaired) electrons. The molecule has 6 nitrogen and oxygen atoms in total. The Bertz CT molecular complexity index is 911. The second-order valence-corrected chi connectivity index (χ2v) is 7.83. The number of para-hydroxylation sites is 1. The highest BCUT2D eigenvalue weighted by Crippen LogP contribution is 2.24. The molecule has 152 valence electrons. The molecule has 1 fully saturated rings. The number of hydrogen-bond acceptors (Lipinski definition) is 4. The predicted molar refractivity (Wildman–Crippen MR) is 112 cm³/mol. The summed E-state index contributed by atoms with van der Waals surface area (Å²) < 4.78 is 11.6. The minimum atomic E-state index is -0.521. The van der Waals surface area contributed by atoms with Crippen LogP contribution >= 0.6 is 0 Å². The largest absolute Gasteiger partial charge is 0.493 e. The summed E-state index contributed by atoms with van der Waals surface area (Å²) in [5.74, 6) is 1.03. The summed E-state index contributed by atoms with van der Waals surface area (Å²) in [6, 6.07) is 15.0. The van der Waals surface area contributed by atoms with Gasteiger partial charge >= 0.3 is 6.03 Å². The zero-order valence-electron chi connectivity index (χ0n) is 17.0. The smallest absolute Gasteiger partial charge is 0.326 e. The van der Waals surface area contributed by atoms with E-state index in [1.54, 1.807) is 6.08 Å². The molecule has 29 heavy (non-hydrogen) atoms. The Morgan fingerprint density at radius 2 is 1.59 bits per heavy atom. The zero-order valence-corrected chi connectivity index (χ0v) is 17.0. The highest BCUT2D eigenvalue weighted by molar-refractivity contribution is 6.14. The van der Waals surface area contributed by atoms with E-state index in [0.717, 1.165) is 11.3 Å². The summed E-state index contributed by atoms with van der Waals surface area (Å²) in [7, 11) is 0. The van der Waals surface area contributed by atoms with Gasteiger partial charge in [0.05, 0.1) is 13.2 Å². The third kappa shape index (κ3) is 5.60. The molecule has 2 aromatic carbocycles. The molecule has 0 aromatic heterocycles. The summed E-state index contributed by atoms with van der Waals surface area (Å²) in [5.41, 5.74) is 2.31. The maximum Gasteiger partial charge on any atom is 0.326 e. The molecular weight excluding hydrogens is 368 g/mol. The first-order valence-corrected chi connectivity index (χ1v) is 9.62. The number of rotatable bonds is 7. The van der Waals surface area contributed by atoms with Crippen molar-refractivity contribution < 1.29 is 19.1 Å². The monoisotopic (exact) mass is 394 g/mol. The van der Waals surface area contributed by atoms with Gasteiger partial charge in [-0.25, -0.2) is 4.79 Å². The van der Waals surface area contributed by atoms with Crippen molar-refractivity contribution in [2.75, 3.05) is 13.2 Å². The first-order chi connectivity index (χ1) is 13.8. The number of imide groups is 1. The van der Waals surface area contributed by atoms with Crippen molar-refractivity contribution in [3.63, 3.8) is 0 Å². The molecule has 6 heteroatoms. The van der Waals surface area contributed by atoms with E-state index in [9.17, 15) is 9.59 Å². The molecule has 0 aliphatic carbocycles. The van der Waals surface area contributed by atoms with Crippen LogP contribution in [0.3, 0.4) is 0 Å². The van der Waals surface area contributed by atoms with Crippen molar-refractivity contribution in [1.82, 2.24) is 10.6 Å². The van der Waals surface area contributed by atoms with Gasteiger partial charge in [0.1, 0.15) is 17.2 Å². The number of carbonyl (C=O) groups excluding carboxylic acids is 2. The second-order valence-electron chi connectivity index (χ2n) is 7.83. The number of ether oxygens (including phenoxy) is 2. The van der Waals surface area contributed by atoms with Gasteiger partial charge in [-0.15, -0.1) is 0 Å². The third-order valence-electron chi connectivity index (χ3n) is 4.47. The van der Waals surface area contributed by atoms with Crippen LogP contribution in [0.2, 0.25) is 0 Å². The molecule has 1 aliphatic heterocycles. The molecule has 0 bridgehead atoms. The van der Waals surface area contributed by atoms with E-state index in [1.165, 1.54) is 5.56 Å². The number of carbonyl (C=O) groups is 2. The average molecular weight is 394 g/mol. The number of urea groups is 1. The zero-order chi connectivity index (χ0) is 20.9. The van der Waals surface area contributed by atoms with E-state index in [4.69, 9.17) is 9.47 Å². The van der Waals surface area contributed by atoms with Gasteiger partial charge in [0.15, 0.2) is 0 Å². The fourth-order valence-corrected chi connectivity index (χ4v) is 2.85. The number of hydrogen-bond donors (Lipinski definition) is 2. The Hall–Kier alpha value is -3.28. The van der Waals surface area contributed by atoms with Crippen LogP contribution in [0.15, 0.2) is 54.2 Å². The van der Waals surface area contributed by atoms with Crippen molar-refractivity contribution in [3.8, 4) is 11.5 Å². The van der Waals surface area contributed by atoms with Crippen LogP contribution in [0.4, 0.5) is 4.79 Å². The standard InChI is InChI=1S/C23H26N2O4/c1-23(2,3)17-9-11-18(12-10-17)28-13-6-14-29-20-8-5-4-7-16(20)15-19-21(26)25-22(27)24-19/h4-5,7-12,15H,6,13-14H2,1-3H3,(H2,24,25,26,27). The average Bonchev–Trinajstić information content (AvgIpc) is 2.99. The summed E-state index contributed by atoms with van der Waals surface area (Å²) in [5, 5.41) is 4.65. The van der Waals surface area contributed by atoms with Gasteiger partial charge in [0, 0.05) is 12.0 Å². The SMILES string of the molecule is CC(C)(C)c1ccc(OCCCOc2ccccc2C=C2NC(=O)NC2=O)cc1. The minimum Gasteiger partial charge on any atom is -0.493 e. The molecule has 2 aromatic rings. The Labute approximate surface area is 170 Å². The fraction of sp³-hybridized carbons (Fsp3) is 0.304. The van der Waals surface area contributed by atoms with Crippen LogP contribution in [0.5, 0.6) is 11.5 Å². The van der Waals surface area contributed by atoms with Crippen LogP contribution < -0.4 is 20.1 Å². The summed E-state index contributed by atoms with van der Waals surface area (Å²) >= 11 is 0. The Balaban J connectivity index is 1.49. The van der Waals surface area contributed by atoms with Crippen molar-refractivity contribution >= 4 is 18.0 Å². The normalized spacial score (nSPS) is 15.2. The quantitative estimate of drug-likeness (QED) is 0.423. The predicted octanol–water partition coefficient (Wildman–Crippen LogP) is 4.01. The third-order valence-corrected chi connectivity index (χ3v) is 4.47. The van der Waals surface area contributed by atoms with Crippen molar-refractivity contribution in [2.24, 2.45) is 0 Å². The lowest BCUT2D eigenvalue weighted by Gasteiger charge is -2.19. The molecular formula is C23H26N2O4. The first kappa shape index (κ1) is 20.5. The van der Waals surface area contributed by atoms with E-state index in [0.29, 0.717) is 25.4 Å². The summed E-state index contributed by atoms with van der Waals surface area (Å²) in [6.45, 7) is 7.55. The topological polar surface area (TPSA) is 76.7 Å². The van der Waals surface area contributed by atoms with E-state index < -0.39 is 11.9 Å². The molecule has 2 N–H and O–H groups in total. The van der Waals surface area contributed by atoms with Gasteiger partial charge < -0.3 is 14.8 Å². The maximum atomic E-state index is 11.7. The molecule has 3 amide bonds. The van der Waals surface area contributed by atoms with E-state index >= 15 is 0 Å². The van der Waals surface area contributed by atoms with Gasteiger partial charge in [-0.2, -0.15) is 0 Å². The summed E-state index contributed by atoms with van der Waals surface area (Å²) in [6.07, 6.45) is 2.31. The number of benzene rings is 2. The minimum absolute atomic E-state index is 0.122. The Kier molecular flexibility index (Phi) is 6.22. The Morgan fingerprint density at radius 3 is 2.24 bits per heavy atom. The maximum absolute atomic E-state index is 11.7. The molecule has 1 saturated heterocycles. The highest BCUT2D eigenvalue weighted by Gasteiger charge is 2.23. The Morgan fingerprint density at radius 1 is 0.897 bits per heavy atom. The highest BCUT2D eigenvalue weighted by atomic mass is 16.5. The van der Waals surface area contributed by atoms with Crippen LogP contribution in [0, 0.1) is 0 Å². The van der Waals surface area contributed by atoms with Crippen LogP contribution in [0.1, 0.15) is 38.3 Å². The van der Waals surface area contributed by atoms with Gasteiger partial charge in [0.25, 0.3) is 5.91 Å². The molecule has 1 heterocycles. The van der Waals surface area contributed by atoms with Gasteiger partial charge in [-0.3, -0.25) is 10.1 Å². The second kappa shape index (κ2) is 8.82. The van der Waals surface area contributed by atoms with Crippen LogP contribution in [-0.4, -0.2) is 25.2 Å². The first-order valence-electron chi connectivity index (χ1n) is 9.62. The molecule has 1 aliphatic rings. The molecule has 0 unspecified atom stereocenters. The van der Waals surface area contributed by atoms with E-state index in [-0.39, 0.29) is 11.1 Å². The molecule has 3 rings (SSSR count). The van der Waals surface area contributed by atoms with Gasteiger partial charge in [-0.05, 0) is 35.3 Å².